The van der Waals surface area contributed by atoms with Gasteiger partial charge in [-0.1, -0.05) is 29.8 Å². The molecule has 0 atom stereocenters. The Balaban J connectivity index is 2.33. The van der Waals surface area contributed by atoms with E-state index < -0.39 is 7.12 Å². The lowest BCUT2D eigenvalue weighted by Gasteiger charge is -2.10. The van der Waals surface area contributed by atoms with E-state index in [0.717, 1.165) is 0 Å². The van der Waals surface area contributed by atoms with Gasteiger partial charge in [-0.25, -0.2) is 0 Å². The van der Waals surface area contributed by atoms with Gasteiger partial charge in [0.25, 0.3) is 0 Å². The highest BCUT2D eigenvalue weighted by Gasteiger charge is 2.18. The SMILES string of the molecule is OB(O)c1cc(Cl)ccc1Oc1ccccc1. The average molecular weight is 248 g/mol. The van der Waals surface area contributed by atoms with Crippen LogP contribution in [0.15, 0.2) is 48.5 Å². The molecule has 2 aromatic carbocycles. The minimum Gasteiger partial charge on any atom is -0.458 e. The number of benzene rings is 2. The molecular formula is C12H10BClO3. The predicted molar refractivity (Wildman–Crippen MR) is 67.8 cm³/mol. The lowest BCUT2D eigenvalue weighted by atomic mass is 9.79. The van der Waals surface area contributed by atoms with Crippen LogP contribution in [0.4, 0.5) is 0 Å². The number of para-hydroxylation sites is 1. The van der Waals surface area contributed by atoms with Gasteiger partial charge < -0.3 is 14.8 Å². The van der Waals surface area contributed by atoms with E-state index in [0.29, 0.717) is 16.5 Å². The molecule has 86 valence electrons. The molecule has 0 unspecified atom stereocenters. The molecule has 2 N–H and O–H groups in total. The van der Waals surface area contributed by atoms with E-state index in [1.54, 1.807) is 24.3 Å². The molecule has 0 aromatic heterocycles. The molecule has 5 heteroatoms. The van der Waals surface area contributed by atoms with Crippen molar-refractivity contribution in [2.45, 2.75) is 0 Å². The summed E-state index contributed by atoms with van der Waals surface area (Å²) in [6.07, 6.45) is 0. The standard InChI is InChI=1S/C12H10BClO3/c14-9-6-7-12(11(8-9)13(15)16)17-10-4-2-1-3-5-10/h1-8,15-16H. The zero-order valence-corrected chi connectivity index (χ0v) is 9.63. The van der Waals surface area contributed by atoms with Crippen LogP contribution in [0.25, 0.3) is 0 Å². The predicted octanol–water partition coefficient (Wildman–Crippen LogP) is 1.81. The van der Waals surface area contributed by atoms with Crippen LogP contribution in [0, 0.1) is 0 Å². The van der Waals surface area contributed by atoms with Crippen LogP contribution >= 0.6 is 11.6 Å². The molecule has 0 radical (unpaired) electrons. The number of hydrogen-bond acceptors (Lipinski definition) is 3. The third-order valence-corrected chi connectivity index (χ3v) is 2.46. The summed E-state index contributed by atoms with van der Waals surface area (Å²) in [6.45, 7) is 0. The molecule has 2 rings (SSSR count). The first-order chi connectivity index (χ1) is 8.16. The molecule has 0 fully saturated rings. The van der Waals surface area contributed by atoms with Gasteiger partial charge in [0.15, 0.2) is 0 Å². The van der Waals surface area contributed by atoms with Crippen molar-refractivity contribution in [1.82, 2.24) is 0 Å². The molecular weight excluding hydrogens is 238 g/mol. The van der Waals surface area contributed by atoms with Crippen LogP contribution in [-0.4, -0.2) is 17.2 Å². The maximum Gasteiger partial charge on any atom is 0.492 e. The summed E-state index contributed by atoms with van der Waals surface area (Å²) in [6, 6.07) is 13.8. The Morgan fingerprint density at radius 1 is 1.00 bits per heavy atom. The summed E-state index contributed by atoms with van der Waals surface area (Å²) in [5.74, 6) is 0.993. The van der Waals surface area contributed by atoms with Gasteiger partial charge in [-0.3, -0.25) is 0 Å². The number of halogens is 1. The number of hydrogen-bond donors (Lipinski definition) is 2. The maximum atomic E-state index is 9.22. The highest BCUT2D eigenvalue weighted by molar-refractivity contribution is 6.60. The van der Waals surface area contributed by atoms with E-state index in [-0.39, 0.29) is 5.46 Å². The van der Waals surface area contributed by atoms with E-state index in [2.05, 4.69) is 0 Å². The topological polar surface area (TPSA) is 49.7 Å². The van der Waals surface area contributed by atoms with E-state index in [4.69, 9.17) is 16.3 Å². The molecule has 3 nitrogen and oxygen atoms in total. The Morgan fingerprint density at radius 3 is 2.35 bits per heavy atom. The fourth-order valence-electron chi connectivity index (χ4n) is 1.43. The lowest BCUT2D eigenvalue weighted by Crippen LogP contribution is -2.31. The maximum absolute atomic E-state index is 9.22. The van der Waals surface area contributed by atoms with Crippen LogP contribution in [0.1, 0.15) is 0 Å². The molecule has 0 aliphatic carbocycles. The van der Waals surface area contributed by atoms with Gasteiger partial charge >= 0.3 is 7.12 Å². The number of rotatable bonds is 3. The summed E-state index contributed by atoms with van der Waals surface area (Å²) < 4.78 is 5.55. The van der Waals surface area contributed by atoms with Gasteiger partial charge in [0.2, 0.25) is 0 Å². The fourth-order valence-corrected chi connectivity index (χ4v) is 1.61. The summed E-state index contributed by atoms with van der Waals surface area (Å²) in [5, 5.41) is 18.9. The second-order valence-electron chi connectivity index (χ2n) is 3.47. The largest absolute Gasteiger partial charge is 0.492 e. The van der Waals surface area contributed by atoms with Crippen molar-refractivity contribution < 1.29 is 14.8 Å². The van der Waals surface area contributed by atoms with Crippen molar-refractivity contribution in [1.29, 1.82) is 0 Å². The summed E-state index contributed by atoms with van der Waals surface area (Å²) >= 11 is 5.79. The quantitative estimate of drug-likeness (QED) is 0.815. The molecule has 0 aliphatic rings. The van der Waals surface area contributed by atoms with Crippen molar-refractivity contribution in [3.63, 3.8) is 0 Å². The van der Waals surface area contributed by atoms with Crippen LogP contribution in [0.3, 0.4) is 0 Å². The van der Waals surface area contributed by atoms with Crippen molar-refractivity contribution >= 4 is 24.2 Å². The Hall–Kier alpha value is -1.49. The molecule has 0 bridgehead atoms. The Bertz CT molecular complexity index is 502. The van der Waals surface area contributed by atoms with Gasteiger partial charge in [0.1, 0.15) is 11.5 Å². The molecule has 0 spiro atoms. The van der Waals surface area contributed by atoms with Crippen LogP contribution in [-0.2, 0) is 0 Å². The van der Waals surface area contributed by atoms with E-state index in [1.165, 1.54) is 6.07 Å². The smallest absolute Gasteiger partial charge is 0.458 e. The highest BCUT2D eigenvalue weighted by atomic mass is 35.5. The van der Waals surface area contributed by atoms with Crippen molar-refractivity contribution in [2.24, 2.45) is 0 Å². The summed E-state index contributed by atoms with van der Waals surface area (Å²) in [4.78, 5) is 0. The average Bonchev–Trinajstić information content (AvgIpc) is 2.32. The monoisotopic (exact) mass is 248 g/mol. The third kappa shape index (κ3) is 3.00. The molecule has 0 heterocycles. The van der Waals surface area contributed by atoms with Crippen LogP contribution in [0.5, 0.6) is 11.5 Å². The van der Waals surface area contributed by atoms with E-state index in [9.17, 15) is 10.0 Å². The van der Waals surface area contributed by atoms with E-state index in [1.807, 2.05) is 18.2 Å². The summed E-state index contributed by atoms with van der Waals surface area (Å²) in [7, 11) is -1.62. The van der Waals surface area contributed by atoms with Gasteiger partial charge in [0.05, 0.1) is 0 Å². The molecule has 0 saturated heterocycles. The molecule has 2 aromatic rings. The van der Waals surface area contributed by atoms with Crippen LogP contribution in [0.2, 0.25) is 5.02 Å². The first-order valence-electron chi connectivity index (χ1n) is 5.05. The van der Waals surface area contributed by atoms with Gasteiger partial charge in [-0.15, -0.1) is 0 Å². The van der Waals surface area contributed by atoms with E-state index >= 15 is 0 Å². The Labute approximate surface area is 104 Å². The summed E-state index contributed by atoms with van der Waals surface area (Å²) in [5.41, 5.74) is 0.237. The second kappa shape index (κ2) is 5.23. The molecule has 0 aliphatic heterocycles. The zero-order chi connectivity index (χ0) is 12.3. The first-order valence-corrected chi connectivity index (χ1v) is 5.43. The minimum atomic E-state index is -1.62. The van der Waals surface area contributed by atoms with Crippen molar-refractivity contribution in [3.05, 3.63) is 53.6 Å². The van der Waals surface area contributed by atoms with Crippen molar-refractivity contribution in [3.8, 4) is 11.5 Å². The molecule has 0 saturated carbocycles. The highest BCUT2D eigenvalue weighted by Crippen LogP contribution is 2.21. The van der Waals surface area contributed by atoms with Crippen LogP contribution < -0.4 is 10.2 Å². The molecule has 0 amide bonds. The van der Waals surface area contributed by atoms with Gasteiger partial charge in [-0.2, -0.15) is 0 Å². The van der Waals surface area contributed by atoms with Crippen molar-refractivity contribution in [2.75, 3.05) is 0 Å². The zero-order valence-electron chi connectivity index (χ0n) is 8.88. The normalized spacial score (nSPS) is 10.1. The third-order valence-electron chi connectivity index (χ3n) is 2.22. The second-order valence-corrected chi connectivity index (χ2v) is 3.91. The first kappa shape index (κ1) is 12.0. The Kier molecular flexibility index (Phi) is 3.69. The fraction of sp³-hybridized carbons (Fsp3) is 0. The molecule has 17 heavy (non-hydrogen) atoms. The Morgan fingerprint density at radius 2 is 1.71 bits per heavy atom. The lowest BCUT2D eigenvalue weighted by molar-refractivity contribution is 0.420. The number of ether oxygens (including phenoxy) is 1. The minimum absolute atomic E-state index is 0.237. The van der Waals surface area contributed by atoms with Gasteiger partial charge in [-0.05, 0) is 30.3 Å². The van der Waals surface area contributed by atoms with Gasteiger partial charge in [0, 0.05) is 10.5 Å².